The molecule has 1 fully saturated rings. The molecule has 3 nitrogen and oxygen atoms in total. The molecule has 1 aliphatic rings. The highest BCUT2D eigenvalue weighted by molar-refractivity contribution is 6.32. The van der Waals surface area contributed by atoms with Crippen molar-refractivity contribution in [2.24, 2.45) is 0 Å². The minimum atomic E-state index is 0.0775. The summed E-state index contributed by atoms with van der Waals surface area (Å²) in [5.41, 5.74) is 1.30. The molecule has 0 aliphatic carbocycles. The maximum absolute atomic E-state index is 6.22. The molecule has 1 aromatic carbocycles. The second-order valence-corrected chi connectivity index (χ2v) is 6.97. The molecule has 1 N–H and O–H groups in total. The smallest absolute Gasteiger partial charge is 0.137 e. The van der Waals surface area contributed by atoms with Crippen molar-refractivity contribution in [1.82, 2.24) is 5.32 Å². The summed E-state index contributed by atoms with van der Waals surface area (Å²) in [4.78, 5) is 2.38. The minimum Gasteiger partial charge on any atom is -0.495 e. The Bertz CT molecular complexity index is 455. The quantitative estimate of drug-likeness (QED) is 0.901. The van der Waals surface area contributed by atoms with E-state index in [0.29, 0.717) is 5.02 Å². The molecule has 0 unspecified atom stereocenters. The standard InChI is InChI=1S/C15H23ClN2O/c1-14(2)9-18(10-15(3,4)17-14)11-6-7-13(19-5)12(16)8-11/h6-8,17H,9-10H2,1-5H3. The van der Waals surface area contributed by atoms with E-state index in [1.165, 1.54) is 0 Å². The molecule has 2 rings (SSSR count). The lowest BCUT2D eigenvalue weighted by atomic mass is 9.91. The van der Waals surface area contributed by atoms with Crippen molar-refractivity contribution in [2.75, 3.05) is 25.1 Å². The van der Waals surface area contributed by atoms with Gasteiger partial charge >= 0.3 is 0 Å². The fourth-order valence-electron chi connectivity index (χ4n) is 3.04. The van der Waals surface area contributed by atoms with Gasteiger partial charge in [-0.05, 0) is 45.9 Å². The molecule has 0 atom stereocenters. The number of hydrogen-bond donors (Lipinski definition) is 1. The van der Waals surface area contributed by atoms with Crippen LogP contribution in [0.5, 0.6) is 5.75 Å². The van der Waals surface area contributed by atoms with Gasteiger partial charge in [0.25, 0.3) is 0 Å². The van der Waals surface area contributed by atoms with E-state index < -0.39 is 0 Å². The van der Waals surface area contributed by atoms with Gasteiger partial charge in [0.2, 0.25) is 0 Å². The monoisotopic (exact) mass is 282 g/mol. The highest BCUT2D eigenvalue weighted by atomic mass is 35.5. The van der Waals surface area contributed by atoms with Gasteiger partial charge in [-0.25, -0.2) is 0 Å². The number of hydrogen-bond acceptors (Lipinski definition) is 3. The number of anilines is 1. The van der Waals surface area contributed by atoms with Gasteiger partial charge < -0.3 is 15.0 Å². The Morgan fingerprint density at radius 2 is 1.74 bits per heavy atom. The number of nitrogens with zero attached hydrogens (tertiary/aromatic N) is 1. The fraction of sp³-hybridized carbons (Fsp3) is 0.600. The average Bonchev–Trinajstić information content (AvgIpc) is 2.24. The predicted octanol–water partition coefficient (Wildman–Crippen LogP) is 3.32. The maximum atomic E-state index is 6.22. The van der Waals surface area contributed by atoms with E-state index >= 15 is 0 Å². The molecule has 1 saturated heterocycles. The lowest BCUT2D eigenvalue weighted by Crippen LogP contribution is -2.66. The summed E-state index contributed by atoms with van der Waals surface area (Å²) in [5.74, 6) is 0.721. The predicted molar refractivity (Wildman–Crippen MR) is 81.5 cm³/mol. The topological polar surface area (TPSA) is 24.5 Å². The third kappa shape index (κ3) is 3.34. The van der Waals surface area contributed by atoms with Crippen molar-refractivity contribution < 1.29 is 4.74 Å². The van der Waals surface area contributed by atoms with Gasteiger partial charge in [0.1, 0.15) is 5.75 Å². The first kappa shape index (κ1) is 14.5. The molecule has 1 aromatic rings. The molecule has 0 radical (unpaired) electrons. The third-order valence-electron chi connectivity index (χ3n) is 3.35. The highest BCUT2D eigenvalue weighted by Crippen LogP contribution is 2.32. The van der Waals surface area contributed by atoms with Crippen molar-refractivity contribution in [2.45, 2.75) is 38.8 Å². The lowest BCUT2D eigenvalue weighted by molar-refractivity contribution is 0.226. The van der Waals surface area contributed by atoms with Crippen LogP contribution >= 0.6 is 11.6 Å². The summed E-state index contributed by atoms with van der Waals surface area (Å²) in [6, 6.07) is 5.99. The second-order valence-electron chi connectivity index (χ2n) is 6.57. The Balaban J connectivity index is 2.28. The zero-order chi connectivity index (χ0) is 14.3. The molecule has 0 saturated carbocycles. The SMILES string of the molecule is COc1ccc(N2CC(C)(C)NC(C)(C)C2)cc1Cl. The number of ether oxygens (including phenoxy) is 1. The van der Waals surface area contributed by atoms with Crippen LogP contribution in [0.1, 0.15) is 27.7 Å². The number of piperazine rings is 1. The van der Waals surface area contributed by atoms with Gasteiger partial charge in [0.15, 0.2) is 0 Å². The lowest BCUT2D eigenvalue weighted by Gasteiger charge is -2.49. The van der Waals surface area contributed by atoms with Crippen LogP contribution in [0.3, 0.4) is 0 Å². The summed E-state index contributed by atoms with van der Waals surface area (Å²) in [6.07, 6.45) is 0. The van der Waals surface area contributed by atoms with Crippen LogP contribution in [-0.2, 0) is 0 Å². The van der Waals surface area contributed by atoms with Crippen LogP contribution in [0.25, 0.3) is 0 Å². The van der Waals surface area contributed by atoms with E-state index in [-0.39, 0.29) is 11.1 Å². The molecule has 0 aromatic heterocycles. The molecule has 106 valence electrons. The van der Waals surface area contributed by atoms with Crippen molar-refractivity contribution in [3.8, 4) is 5.75 Å². The van der Waals surface area contributed by atoms with Gasteiger partial charge in [-0.1, -0.05) is 11.6 Å². The molecule has 19 heavy (non-hydrogen) atoms. The molecule has 0 amide bonds. The number of benzene rings is 1. The summed E-state index contributed by atoms with van der Waals surface area (Å²) in [5, 5.41) is 4.33. The first-order chi connectivity index (χ1) is 8.72. The zero-order valence-electron chi connectivity index (χ0n) is 12.4. The van der Waals surface area contributed by atoms with Crippen molar-refractivity contribution in [1.29, 1.82) is 0 Å². The Morgan fingerprint density at radius 3 is 2.21 bits per heavy atom. The molecule has 0 bridgehead atoms. The zero-order valence-corrected chi connectivity index (χ0v) is 13.1. The van der Waals surface area contributed by atoms with Gasteiger partial charge in [-0.3, -0.25) is 0 Å². The summed E-state index contributed by atoms with van der Waals surface area (Å²) >= 11 is 6.22. The van der Waals surface area contributed by atoms with Crippen molar-refractivity contribution >= 4 is 17.3 Å². The van der Waals surface area contributed by atoms with Crippen LogP contribution in [0.15, 0.2) is 18.2 Å². The van der Waals surface area contributed by atoms with Gasteiger partial charge in [-0.15, -0.1) is 0 Å². The van der Waals surface area contributed by atoms with E-state index in [9.17, 15) is 0 Å². The van der Waals surface area contributed by atoms with Crippen LogP contribution in [0, 0.1) is 0 Å². The molecule has 0 spiro atoms. The number of nitrogens with one attached hydrogen (secondary N) is 1. The highest BCUT2D eigenvalue weighted by Gasteiger charge is 2.36. The van der Waals surface area contributed by atoms with Crippen molar-refractivity contribution in [3.05, 3.63) is 23.2 Å². The second kappa shape index (κ2) is 4.88. The first-order valence-electron chi connectivity index (χ1n) is 6.60. The molecule has 4 heteroatoms. The minimum absolute atomic E-state index is 0.0775. The first-order valence-corrected chi connectivity index (χ1v) is 6.98. The average molecular weight is 283 g/mol. The van der Waals surface area contributed by atoms with Crippen LogP contribution < -0.4 is 15.0 Å². The van der Waals surface area contributed by atoms with E-state index in [1.807, 2.05) is 12.1 Å². The Morgan fingerprint density at radius 1 is 1.16 bits per heavy atom. The van der Waals surface area contributed by atoms with E-state index in [2.05, 4.69) is 44.0 Å². The van der Waals surface area contributed by atoms with Gasteiger partial charge in [0.05, 0.1) is 12.1 Å². The van der Waals surface area contributed by atoms with E-state index in [1.54, 1.807) is 7.11 Å². The summed E-state index contributed by atoms with van der Waals surface area (Å²) < 4.78 is 5.21. The number of methoxy groups -OCH3 is 1. The third-order valence-corrected chi connectivity index (χ3v) is 3.64. The molecular weight excluding hydrogens is 260 g/mol. The number of rotatable bonds is 2. The Kier molecular flexibility index (Phi) is 3.72. The van der Waals surface area contributed by atoms with Crippen LogP contribution in [0.2, 0.25) is 5.02 Å². The van der Waals surface area contributed by atoms with Crippen LogP contribution in [-0.4, -0.2) is 31.3 Å². The van der Waals surface area contributed by atoms with Crippen molar-refractivity contribution in [3.63, 3.8) is 0 Å². The van der Waals surface area contributed by atoms with Gasteiger partial charge in [-0.2, -0.15) is 0 Å². The fourth-order valence-corrected chi connectivity index (χ4v) is 3.29. The molecule has 1 heterocycles. The van der Waals surface area contributed by atoms with Crippen LogP contribution in [0.4, 0.5) is 5.69 Å². The summed E-state index contributed by atoms with van der Waals surface area (Å²) in [6.45, 7) is 10.8. The van der Waals surface area contributed by atoms with E-state index in [4.69, 9.17) is 16.3 Å². The number of halogens is 1. The Hall–Kier alpha value is -0.930. The Labute approximate surface area is 120 Å². The molecular formula is C15H23ClN2O. The molecule has 1 aliphatic heterocycles. The maximum Gasteiger partial charge on any atom is 0.137 e. The van der Waals surface area contributed by atoms with E-state index in [0.717, 1.165) is 24.5 Å². The largest absolute Gasteiger partial charge is 0.495 e. The van der Waals surface area contributed by atoms with Gasteiger partial charge in [0, 0.05) is 29.9 Å². The summed E-state index contributed by atoms with van der Waals surface area (Å²) in [7, 11) is 1.64. The normalized spacial score (nSPS) is 21.3.